The smallest absolute Gasteiger partial charge is 0.133 e. The number of benzene rings is 1. The maximum Gasteiger partial charge on any atom is 0.133 e. The van der Waals surface area contributed by atoms with E-state index in [4.69, 9.17) is 16.1 Å². The maximum atomic E-state index is 10.4. The van der Waals surface area contributed by atoms with Crippen LogP contribution in [0.25, 0.3) is 0 Å². The fourth-order valence-corrected chi connectivity index (χ4v) is 3.26. The summed E-state index contributed by atoms with van der Waals surface area (Å²) in [5, 5.41) is 15.2. The Morgan fingerprint density at radius 3 is 2.82 bits per heavy atom. The van der Waals surface area contributed by atoms with Crippen LogP contribution < -0.4 is 0 Å². The number of aryl methyl sites for hydroxylation is 1. The highest BCUT2D eigenvalue weighted by Crippen LogP contribution is 2.24. The van der Waals surface area contributed by atoms with Crippen molar-refractivity contribution in [3.8, 4) is 0 Å². The van der Waals surface area contributed by atoms with E-state index in [1.54, 1.807) is 0 Å². The van der Waals surface area contributed by atoms with Gasteiger partial charge in [0.05, 0.1) is 11.8 Å². The van der Waals surface area contributed by atoms with Crippen LogP contribution in [0, 0.1) is 6.92 Å². The summed E-state index contributed by atoms with van der Waals surface area (Å²) in [7, 11) is 0. The van der Waals surface area contributed by atoms with Crippen LogP contribution in [-0.4, -0.2) is 33.9 Å². The Labute approximate surface area is 135 Å². The molecule has 22 heavy (non-hydrogen) atoms. The molecule has 0 radical (unpaired) electrons. The van der Waals surface area contributed by atoms with Crippen LogP contribution in [0.1, 0.15) is 29.9 Å². The van der Waals surface area contributed by atoms with Crippen LogP contribution in [0.3, 0.4) is 0 Å². The quantitative estimate of drug-likeness (QED) is 0.940. The number of likely N-dealkylation sites (tertiary alicyclic amines) is 1. The van der Waals surface area contributed by atoms with E-state index in [0.29, 0.717) is 6.54 Å². The van der Waals surface area contributed by atoms with Crippen molar-refractivity contribution in [2.75, 3.05) is 6.54 Å². The van der Waals surface area contributed by atoms with Gasteiger partial charge in [0.1, 0.15) is 5.76 Å². The minimum Gasteiger partial charge on any atom is -0.391 e. The third kappa shape index (κ3) is 3.69. The lowest BCUT2D eigenvalue weighted by molar-refractivity contribution is 0.00574. The zero-order valence-electron chi connectivity index (χ0n) is 12.7. The first kappa shape index (κ1) is 15.5. The first-order valence-electron chi connectivity index (χ1n) is 7.70. The summed E-state index contributed by atoms with van der Waals surface area (Å²) >= 11 is 5.94. The van der Waals surface area contributed by atoms with Crippen molar-refractivity contribution >= 4 is 11.6 Å². The molecule has 0 amide bonds. The predicted molar refractivity (Wildman–Crippen MR) is 85.8 cm³/mol. The molecule has 1 aliphatic heterocycles. The van der Waals surface area contributed by atoms with Gasteiger partial charge in [0, 0.05) is 23.7 Å². The summed E-state index contributed by atoms with van der Waals surface area (Å²) in [5.74, 6) is 0.821. The molecule has 1 aliphatic rings. The van der Waals surface area contributed by atoms with Crippen molar-refractivity contribution < 1.29 is 9.63 Å². The Morgan fingerprint density at radius 2 is 2.14 bits per heavy atom. The number of aliphatic hydroxyl groups is 1. The van der Waals surface area contributed by atoms with E-state index < -0.39 is 0 Å². The molecule has 2 aromatic rings. The van der Waals surface area contributed by atoms with Gasteiger partial charge in [-0.2, -0.15) is 0 Å². The van der Waals surface area contributed by atoms with Crippen molar-refractivity contribution in [1.29, 1.82) is 0 Å². The van der Waals surface area contributed by atoms with Gasteiger partial charge in [-0.25, -0.2) is 0 Å². The van der Waals surface area contributed by atoms with Gasteiger partial charge in [0.2, 0.25) is 0 Å². The SMILES string of the molecule is Cc1cc(CN2CCC[C@H](O)[C@@H]2Cc2ccc(Cl)cc2)no1. The monoisotopic (exact) mass is 320 g/mol. The molecule has 0 bridgehead atoms. The molecule has 1 saturated heterocycles. The fourth-order valence-electron chi connectivity index (χ4n) is 3.13. The van der Waals surface area contributed by atoms with Gasteiger partial charge in [-0.05, 0) is 50.4 Å². The average Bonchev–Trinajstić information content (AvgIpc) is 2.90. The largest absolute Gasteiger partial charge is 0.391 e. The van der Waals surface area contributed by atoms with Gasteiger partial charge >= 0.3 is 0 Å². The number of halogens is 1. The molecule has 0 unspecified atom stereocenters. The molecule has 2 atom stereocenters. The van der Waals surface area contributed by atoms with Gasteiger partial charge in [-0.15, -0.1) is 0 Å². The fraction of sp³-hybridized carbons (Fsp3) is 0.471. The zero-order chi connectivity index (χ0) is 15.5. The summed E-state index contributed by atoms with van der Waals surface area (Å²) in [4.78, 5) is 2.31. The second-order valence-electron chi connectivity index (χ2n) is 6.01. The van der Waals surface area contributed by atoms with Crippen LogP contribution in [0.15, 0.2) is 34.9 Å². The molecule has 1 fully saturated rings. The summed E-state index contributed by atoms with van der Waals surface area (Å²) in [6, 6.07) is 9.92. The Bertz CT molecular complexity index is 611. The van der Waals surface area contributed by atoms with E-state index in [-0.39, 0.29) is 12.1 Å². The predicted octanol–water partition coefficient (Wildman–Crippen LogP) is 3.20. The molecular weight excluding hydrogens is 300 g/mol. The van der Waals surface area contributed by atoms with E-state index >= 15 is 0 Å². The molecule has 1 aromatic heterocycles. The van der Waals surface area contributed by atoms with E-state index in [9.17, 15) is 5.11 Å². The molecule has 118 valence electrons. The van der Waals surface area contributed by atoms with Gasteiger partial charge in [0.25, 0.3) is 0 Å². The van der Waals surface area contributed by atoms with Crippen LogP contribution in [0.4, 0.5) is 0 Å². The van der Waals surface area contributed by atoms with Crippen molar-refractivity contribution in [3.63, 3.8) is 0 Å². The normalized spacial score (nSPS) is 22.9. The number of rotatable bonds is 4. The van der Waals surface area contributed by atoms with Crippen molar-refractivity contribution in [1.82, 2.24) is 10.1 Å². The van der Waals surface area contributed by atoms with E-state index in [1.807, 2.05) is 37.3 Å². The lowest BCUT2D eigenvalue weighted by atomic mass is 9.93. The number of piperidine rings is 1. The van der Waals surface area contributed by atoms with Crippen molar-refractivity contribution in [3.05, 3.63) is 52.4 Å². The van der Waals surface area contributed by atoms with Crippen molar-refractivity contribution in [2.45, 2.75) is 44.9 Å². The second kappa shape index (κ2) is 6.82. The second-order valence-corrected chi connectivity index (χ2v) is 6.44. The lowest BCUT2D eigenvalue weighted by Gasteiger charge is -2.38. The summed E-state index contributed by atoms with van der Waals surface area (Å²) in [6.07, 6.45) is 2.37. The van der Waals surface area contributed by atoms with Gasteiger partial charge in [0.15, 0.2) is 0 Å². The van der Waals surface area contributed by atoms with Gasteiger partial charge in [-0.3, -0.25) is 4.90 Å². The Morgan fingerprint density at radius 1 is 1.36 bits per heavy atom. The number of hydrogen-bond donors (Lipinski definition) is 1. The average molecular weight is 321 g/mol. The number of hydrogen-bond acceptors (Lipinski definition) is 4. The van der Waals surface area contributed by atoms with Crippen LogP contribution in [0.5, 0.6) is 0 Å². The highest BCUT2D eigenvalue weighted by molar-refractivity contribution is 6.30. The third-order valence-corrected chi connectivity index (χ3v) is 4.51. The molecule has 1 aromatic carbocycles. The molecule has 5 heteroatoms. The lowest BCUT2D eigenvalue weighted by Crippen LogP contribution is -2.48. The minimum absolute atomic E-state index is 0.104. The highest BCUT2D eigenvalue weighted by atomic mass is 35.5. The highest BCUT2D eigenvalue weighted by Gasteiger charge is 2.30. The van der Waals surface area contributed by atoms with Crippen LogP contribution in [-0.2, 0) is 13.0 Å². The van der Waals surface area contributed by atoms with E-state index in [2.05, 4.69) is 10.1 Å². The first-order chi connectivity index (χ1) is 10.6. The topological polar surface area (TPSA) is 49.5 Å². The summed E-state index contributed by atoms with van der Waals surface area (Å²) in [5.41, 5.74) is 2.12. The molecule has 0 saturated carbocycles. The van der Waals surface area contributed by atoms with Gasteiger partial charge in [-0.1, -0.05) is 28.9 Å². The number of aromatic nitrogens is 1. The number of nitrogens with zero attached hydrogens (tertiary/aromatic N) is 2. The molecule has 1 N–H and O–H groups in total. The van der Waals surface area contributed by atoms with E-state index in [1.165, 1.54) is 5.56 Å². The maximum absolute atomic E-state index is 10.4. The number of aliphatic hydroxyl groups excluding tert-OH is 1. The summed E-state index contributed by atoms with van der Waals surface area (Å²) in [6.45, 7) is 3.58. The van der Waals surface area contributed by atoms with Crippen LogP contribution in [0.2, 0.25) is 5.02 Å². The summed E-state index contributed by atoms with van der Waals surface area (Å²) < 4.78 is 5.15. The van der Waals surface area contributed by atoms with Crippen LogP contribution >= 0.6 is 11.6 Å². The minimum atomic E-state index is -0.308. The molecule has 0 aliphatic carbocycles. The Hall–Kier alpha value is -1.36. The molecular formula is C17H21ClN2O2. The third-order valence-electron chi connectivity index (χ3n) is 4.26. The first-order valence-corrected chi connectivity index (χ1v) is 8.08. The Balaban J connectivity index is 1.73. The molecule has 3 rings (SSSR count). The Kier molecular flexibility index (Phi) is 4.81. The van der Waals surface area contributed by atoms with E-state index in [0.717, 1.165) is 42.3 Å². The molecule has 2 heterocycles. The molecule has 0 spiro atoms. The van der Waals surface area contributed by atoms with Crippen molar-refractivity contribution in [2.24, 2.45) is 0 Å². The van der Waals surface area contributed by atoms with Gasteiger partial charge < -0.3 is 9.63 Å². The molecule has 4 nitrogen and oxygen atoms in total. The standard InChI is InChI=1S/C17H21ClN2O2/c1-12-9-15(19-22-12)11-20-8-2-3-17(21)16(20)10-13-4-6-14(18)7-5-13/h4-7,9,16-17,21H,2-3,8,10-11H2,1H3/t16-,17-/m0/s1. The zero-order valence-corrected chi connectivity index (χ0v) is 13.5.